The number of piperidine rings is 1. The molecule has 1 aromatic heterocycles. The van der Waals surface area contributed by atoms with Gasteiger partial charge < -0.3 is 19.3 Å². The molecule has 3 aromatic rings. The summed E-state index contributed by atoms with van der Waals surface area (Å²) in [6.45, 7) is 3.26. The number of nitrogens with one attached hydrogen (secondary N) is 1. The van der Waals surface area contributed by atoms with Gasteiger partial charge in [-0.25, -0.2) is 4.39 Å². The molecule has 0 saturated carbocycles. The van der Waals surface area contributed by atoms with Gasteiger partial charge in [-0.2, -0.15) is 0 Å². The van der Waals surface area contributed by atoms with Gasteiger partial charge in [0.25, 0.3) is 0 Å². The Hall–Kier alpha value is -1.64. The first-order chi connectivity index (χ1) is 14.0. The molecular weight excluding hydrogens is 460 g/mol. The van der Waals surface area contributed by atoms with Crippen LogP contribution in [0.5, 0.6) is 5.75 Å². The monoisotopic (exact) mass is 487 g/mol. The summed E-state index contributed by atoms with van der Waals surface area (Å²) in [6.07, 6.45) is 1.48. The fourth-order valence-corrected chi connectivity index (χ4v) is 4.97. The molecule has 31 heavy (non-hydrogen) atoms. The normalized spacial score (nSPS) is 15.8. The predicted molar refractivity (Wildman–Crippen MR) is 127 cm³/mol. The number of nitrogens with zero attached hydrogens (tertiary/aromatic N) is 2. The molecule has 170 valence electrons. The molecule has 4 rings (SSSR count). The number of thiazole rings is 1. The highest BCUT2D eigenvalue weighted by atomic mass is 35.5. The topological polar surface area (TPSA) is 61.5 Å². The number of rotatable bonds is 6. The van der Waals surface area contributed by atoms with E-state index in [2.05, 4.69) is 9.47 Å². The van der Waals surface area contributed by atoms with Crippen molar-refractivity contribution in [2.45, 2.75) is 25.5 Å². The van der Waals surface area contributed by atoms with E-state index >= 15 is 0 Å². The van der Waals surface area contributed by atoms with Crippen molar-refractivity contribution in [3.05, 3.63) is 58.6 Å². The molecule has 0 aliphatic carbocycles. The molecule has 0 radical (unpaired) electrons. The molecule has 2 N–H and O–H groups in total. The molecule has 2 heterocycles. The molecule has 1 fully saturated rings. The summed E-state index contributed by atoms with van der Waals surface area (Å²) in [7, 11) is 1.66. The average Bonchev–Trinajstić information content (AvgIpc) is 3.04. The van der Waals surface area contributed by atoms with Crippen molar-refractivity contribution in [1.29, 1.82) is 5.41 Å². The van der Waals surface area contributed by atoms with Gasteiger partial charge in [0.15, 0.2) is 4.80 Å². The van der Waals surface area contributed by atoms with E-state index in [4.69, 9.17) is 10.1 Å². The van der Waals surface area contributed by atoms with Crippen molar-refractivity contribution >= 4 is 46.4 Å². The fraction of sp³-hybridized carbons (Fsp3) is 0.409. The molecule has 2 aromatic carbocycles. The van der Waals surface area contributed by atoms with Crippen molar-refractivity contribution in [3.8, 4) is 5.75 Å². The number of halogens is 3. The second-order valence-corrected chi connectivity index (χ2v) is 8.69. The van der Waals surface area contributed by atoms with Crippen molar-refractivity contribution in [2.75, 3.05) is 26.7 Å². The molecule has 5 nitrogen and oxygen atoms in total. The Kier molecular flexibility index (Phi) is 9.33. The maximum absolute atomic E-state index is 13.1. The van der Waals surface area contributed by atoms with Gasteiger partial charge in [0.1, 0.15) is 11.6 Å². The minimum absolute atomic E-state index is 0. The zero-order valence-corrected chi connectivity index (χ0v) is 19.7. The summed E-state index contributed by atoms with van der Waals surface area (Å²) >= 11 is 1.48. The van der Waals surface area contributed by atoms with Gasteiger partial charge in [0, 0.05) is 13.1 Å². The number of aromatic nitrogens is 1. The van der Waals surface area contributed by atoms with Gasteiger partial charge in [-0.3, -0.25) is 5.41 Å². The third-order valence-electron chi connectivity index (χ3n) is 5.74. The molecule has 0 amide bonds. The van der Waals surface area contributed by atoms with Gasteiger partial charge in [0.2, 0.25) is 0 Å². The largest absolute Gasteiger partial charge is 0.497 e. The number of methoxy groups -OCH3 is 1. The molecule has 0 spiro atoms. The molecule has 1 aliphatic heterocycles. The first kappa shape index (κ1) is 25.6. The van der Waals surface area contributed by atoms with E-state index in [9.17, 15) is 9.50 Å². The third kappa shape index (κ3) is 5.99. The van der Waals surface area contributed by atoms with E-state index in [1.165, 1.54) is 23.5 Å². The van der Waals surface area contributed by atoms with E-state index in [1.54, 1.807) is 19.2 Å². The van der Waals surface area contributed by atoms with Crippen LogP contribution in [0.4, 0.5) is 4.39 Å². The van der Waals surface area contributed by atoms with Crippen LogP contribution in [0.1, 0.15) is 24.5 Å². The van der Waals surface area contributed by atoms with Gasteiger partial charge in [-0.05, 0) is 67.7 Å². The summed E-state index contributed by atoms with van der Waals surface area (Å²) in [5.41, 5.74) is 1.85. The van der Waals surface area contributed by atoms with Gasteiger partial charge in [-0.15, -0.1) is 24.8 Å². The Morgan fingerprint density at radius 3 is 2.48 bits per heavy atom. The lowest BCUT2D eigenvalue weighted by Crippen LogP contribution is -2.38. The highest BCUT2D eigenvalue weighted by molar-refractivity contribution is 7.16. The van der Waals surface area contributed by atoms with Crippen LogP contribution < -0.4 is 9.54 Å². The number of ether oxygens (including phenoxy) is 1. The van der Waals surface area contributed by atoms with Crippen LogP contribution in [-0.2, 0) is 6.54 Å². The van der Waals surface area contributed by atoms with E-state index in [0.717, 1.165) is 54.0 Å². The SMILES string of the molecule is COc1ccc2c(c1)sc(=N)n2CC1CCN(C[C@@H](O)c2ccc(F)cc2)CC1.Cl.Cl. The van der Waals surface area contributed by atoms with Crippen molar-refractivity contribution in [3.63, 3.8) is 0 Å². The van der Waals surface area contributed by atoms with Crippen molar-refractivity contribution in [1.82, 2.24) is 9.47 Å². The van der Waals surface area contributed by atoms with E-state index in [1.807, 2.05) is 18.2 Å². The Morgan fingerprint density at radius 1 is 1.16 bits per heavy atom. The minimum atomic E-state index is -0.600. The number of hydrogen-bond donors (Lipinski definition) is 2. The Balaban J connectivity index is 0.00000171. The van der Waals surface area contributed by atoms with Crippen LogP contribution in [0, 0.1) is 17.1 Å². The Morgan fingerprint density at radius 2 is 1.84 bits per heavy atom. The maximum atomic E-state index is 13.1. The smallest absolute Gasteiger partial charge is 0.182 e. The average molecular weight is 488 g/mol. The van der Waals surface area contributed by atoms with E-state index < -0.39 is 6.10 Å². The number of fused-ring (bicyclic) bond motifs is 1. The molecule has 9 heteroatoms. The molecule has 0 unspecified atom stereocenters. The van der Waals surface area contributed by atoms with Crippen LogP contribution in [0.2, 0.25) is 0 Å². The number of β-amino-alcohol motifs (C(OH)–C–C–N with tert-alkyl or cyclic N) is 1. The van der Waals surface area contributed by atoms with Crippen molar-refractivity contribution < 1.29 is 14.2 Å². The summed E-state index contributed by atoms with van der Waals surface area (Å²) in [5, 5.41) is 18.8. The van der Waals surface area contributed by atoms with Gasteiger partial charge >= 0.3 is 0 Å². The van der Waals surface area contributed by atoms with Crippen LogP contribution in [-0.4, -0.2) is 41.3 Å². The van der Waals surface area contributed by atoms with E-state index in [0.29, 0.717) is 17.3 Å². The zero-order valence-electron chi connectivity index (χ0n) is 17.3. The molecule has 0 bridgehead atoms. The van der Waals surface area contributed by atoms with Crippen LogP contribution in [0.15, 0.2) is 42.5 Å². The van der Waals surface area contributed by atoms with E-state index in [-0.39, 0.29) is 30.6 Å². The fourth-order valence-electron chi connectivity index (χ4n) is 4.02. The van der Waals surface area contributed by atoms with Crippen LogP contribution >= 0.6 is 36.2 Å². The van der Waals surface area contributed by atoms with Crippen LogP contribution in [0.3, 0.4) is 0 Å². The summed E-state index contributed by atoms with van der Waals surface area (Å²) in [6, 6.07) is 12.1. The lowest BCUT2D eigenvalue weighted by Gasteiger charge is -2.33. The quantitative estimate of drug-likeness (QED) is 0.533. The number of aliphatic hydroxyl groups excluding tert-OH is 1. The predicted octanol–water partition coefficient (Wildman–Crippen LogP) is 4.62. The summed E-state index contributed by atoms with van der Waals surface area (Å²) < 4.78 is 21.5. The number of aliphatic hydroxyl groups is 1. The molecule has 1 saturated heterocycles. The lowest BCUT2D eigenvalue weighted by molar-refractivity contribution is 0.0867. The molecular formula is C22H28Cl2FN3O2S. The van der Waals surface area contributed by atoms with Gasteiger partial charge in [-0.1, -0.05) is 23.5 Å². The molecule has 1 atom stereocenters. The minimum Gasteiger partial charge on any atom is -0.497 e. The number of benzene rings is 2. The second-order valence-electron chi connectivity index (χ2n) is 7.66. The number of likely N-dealkylation sites (tertiary alicyclic amines) is 1. The first-order valence-corrected chi connectivity index (χ1v) is 10.7. The highest BCUT2D eigenvalue weighted by Gasteiger charge is 2.23. The van der Waals surface area contributed by atoms with Crippen LogP contribution in [0.25, 0.3) is 10.2 Å². The lowest BCUT2D eigenvalue weighted by atomic mass is 9.96. The summed E-state index contributed by atoms with van der Waals surface area (Å²) in [5.74, 6) is 1.05. The molecule has 1 aliphatic rings. The maximum Gasteiger partial charge on any atom is 0.182 e. The summed E-state index contributed by atoms with van der Waals surface area (Å²) in [4.78, 5) is 2.84. The Labute approximate surface area is 197 Å². The van der Waals surface area contributed by atoms with Crippen molar-refractivity contribution in [2.24, 2.45) is 5.92 Å². The second kappa shape index (κ2) is 11.3. The third-order valence-corrected chi connectivity index (χ3v) is 6.70. The van der Waals surface area contributed by atoms with Gasteiger partial charge in [0.05, 0.1) is 23.4 Å². The Bertz CT molecular complexity index is 1030. The highest BCUT2D eigenvalue weighted by Crippen LogP contribution is 2.26. The standard InChI is InChI=1S/C22H26FN3O2S.2ClH/c1-28-18-6-7-19-21(12-18)29-22(24)26(19)13-15-8-10-25(11-9-15)14-20(27)16-2-4-17(23)5-3-16;;/h2-7,12,15,20,24,27H,8-11,13-14H2,1H3;2*1H/t20-;;/m1../s1. The first-order valence-electron chi connectivity index (χ1n) is 9.91. The number of hydrogen-bond acceptors (Lipinski definition) is 5. The zero-order chi connectivity index (χ0) is 20.4.